The van der Waals surface area contributed by atoms with E-state index in [-0.39, 0.29) is 5.60 Å². The van der Waals surface area contributed by atoms with E-state index in [4.69, 9.17) is 4.74 Å². The van der Waals surface area contributed by atoms with E-state index in [0.29, 0.717) is 5.41 Å². The SMILES string of the molecule is CCC1(CC)CC2(CC=C(C)CC2)CO1. The highest BCUT2D eigenvalue weighted by Gasteiger charge is 2.47. The van der Waals surface area contributed by atoms with Gasteiger partial charge in [0.1, 0.15) is 0 Å². The Bertz CT molecular complexity index is 263. The standard InChI is InChI=1S/C14H24O/c1-4-14(5-2)10-13(11-15-14)8-6-12(3)7-9-13/h6H,4-5,7-11H2,1-3H3. The Morgan fingerprint density at radius 2 is 2.07 bits per heavy atom. The molecule has 1 atom stereocenters. The fourth-order valence-corrected chi connectivity index (χ4v) is 3.14. The van der Waals surface area contributed by atoms with Crippen LogP contribution in [0.4, 0.5) is 0 Å². The number of rotatable bonds is 2. The van der Waals surface area contributed by atoms with Crippen LogP contribution in [0.5, 0.6) is 0 Å². The summed E-state index contributed by atoms with van der Waals surface area (Å²) >= 11 is 0. The van der Waals surface area contributed by atoms with Crippen molar-refractivity contribution in [2.45, 2.75) is 64.9 Å². The summed E-state index contributed by atoms with van der Waals surface area (Å²) in [6.07, 6.45) is 9.96. The third-order valence-corrected chi connectivity index (χ3v) is 4.60. The first-order valence-electron chi connectivity index (χ1n) is 6.43. The van der Waals surface area contributed by atoms with Crippen molar-refractivity contribution in [1.29, 1.82) is 0 Å². The average molecular weight is 208 g/mol. The first-order chi connectivity index (χ1) is 7.14. The molecule has 2 rings (SSSR count). The van der Waals surface area contributed by atoms with Gasteiger partial charge < -0.3 is 4.74 Å². The predicted octanol–water partition coefficient (Wildman–Crippen LogP) is 4.08. The maximum absolute atomic E-state index is 6.14. The summed E-state index contributed by atoms with van der Waals surface area (Å²) in [5, 5.41) is 0. The molecule has 86 valence electrons. The highest BCUT2D eigenvalue weighted by atomic mass is 16.5. The van der Waals surface area contributed by atoms with Crippen LogP contribution in [0.1, 0.15) is 59.3 Å². The molecule has 1 aliphatic carbocycles. The molecular formula is C14H24O. The van der Waals surface area contributed by atoms with Crippen LogP contribution in [0.3, 0.4) is 0 Å². The van der Waals surface area contributed by atoms with Gasteiger partial charge in [0, 0.05) is 5.41 Å². The number of ether oxygens (including phenoxy) is 1. The molecule has 0 aromatic heterocycles. The van der Waals surface area contributed by atoms with Gasteiger partial charge in [-0.2, -0.15) is 0 Å². The lowest BCUT2D eigenvalue weighted by molar-refractivity contribution is -0.00494. The highest BCUT2D eigenvalue weighted by Crippen LogP contribution is 2.50. The maximum Gasteiger partial charge on any atom is 0.0683 e. The summed E-state index contributed by atoms with van der Waals surface area (Å²) in [5.41, 5.74) is 2.27. The van der Waals surface area contributed by atoms with Gasteiger partial charge in [0.05, 0.1) is 12.2 Å². The van der Waals surface area contributed by atoms with Gasteiger partial charge >= 0.3 is 0 Å². The molecule has 1 heteroatoms. The molecular weight excluding hydrogens is 184 g/mol. The molecule has 1 aliphatic heterocycles. The van der Waals surface area contributed by atoms with Crippen LogP contribution in [-0.4, -0.2) is 12.2 Å². The van der Waals surface area contributed by atoms with E-state index in [2.05, 4.69) is 26.8 Å². The zero-order valence-corrected chi connectivity index (χ0v) is 10.4. The van der Waals surface area contributed by atoms with Gasteiger partial charge in [0.2, 0.25) is 0 Å². The molecule has 1 unspecified atom stereocenters. The molecule has 1 nitrogen and oxygen atoms in total. The van der Waals surface area contributed by atoms with Crippen LogP contribution in [0.25, 0.3) is 0 Å². The van der Waals surface area contributed by atoms with E-state index in [9.17, 15) is 0 Å². The zero-order valence-electron chi connectivity index (χ0n) is 10.4. The fourth-order valence-electron chi connectivity index (χ4n) is 3.14. The van der Waals surface area contributed by atoms with Gasteiger partial charge in [-0.1, -0.05) is 25.5 Å². The van der Waals surface area contributed by atoms with Crippen LogP contribution in [0.2, 0.25) is 0 Å². The topological polar surface area (TPSA) is 9.23 Å². The molecule has 0 amide bonds. The second kappa shape index (κ2) is 3.93. The summed E-state index contributed by atoms with van der Waals surface area (Å²) in [4.78, 5) is 0. The minimum absolute atomic E-state index is 0.207. The number of hydrogen-bond acceptors (Lipinski definition) is 1. The Morgan fingerprint density at radius 3 is 2.53 bits per heavy atom. The lowest BCUT2D eigenvalue weighted by Gasteiger charge is -2.32. The van der Waals surface area contributed by atoms with Crippen molar-refractivity contribution in [2.75, 3.05) is 6.61 Å². The lowest BCUT2D eigenvalue weighted by atomic mass is 9.70. The van der Waals surface area contributed by atoms with Crippen molar-refractivity contribution in [2.24, 2.45) is 5.41 Å². The molecule has 0 N–H and O–H groups in total. The summed E-state index contributed by atoms with van der Waals surface area (Å²) in [7, 11) is 0. The number of hydrogen-bond donors (Lipinski definition) is 0. The Labute approximate surface area is 93.9 Å². The van der Waals surface area contributed by atoms with E-state index in [0.717, 1.165) is 6.61 Å². The van der Waals surface area contributed by atoms with Crippen molar-refractivity contribution in [3.05, 3.63) is 11.6 Å². The summed E-state index contributed by atoms with van der Waals surface area (Å²) in [5.74, 6) is 0. The Hall–Kier alpha value is -0.300. The van der Waals surface area contributed by atoms with Gasteiger partial charge in [-0.25, -0.2) is 0 Å². The normalized spacial score (nSPS) is 34.5. The van der Waals surface area contributed by atoms with E-state index in [1.165, 1.54) is 38.5 Å². The van der Waals surface area contributed by atoms with Crippen LogP contribution in [-0.2, 0) is 4.74 Å². The quantitative estimate of drug-likeness (QED) is 0.621. The van der Waals surface area contributed by atoms with Crippen LogP contribution >= 0.6 is 0 Å². The molecule has 0 radical (unpaired) electrons. The molecule has 0 saturated carbocycles. The molecule has 1 saturated heterocycles. The Balaban J connectivity index is 2.08. The first kappa shape index (κ1) is 11.2. The van der Waals surface area contributed by atoms with Gasteiger partial charge in [-0.15, -0.1) is 0 Å². The average Bonchev–Trinajstić information content (AvgIpc) is 2.64. The largest absolute Gasteiger partial charge is 0.374 e. The van der Waals surface area contributed by atoms with Crippen LogP contribution < -0.4 is 0 Å². The lowest BCUT2D eigenvalue weighted by Crippen LogP contribution is -2.28. The zero-order chi connectivity index (χ0) is 10.9. The smallest absolute Gasteiger partial charge is 0.0683 e. The fraction of sp³-hybridized carbons (Fsp3) is 0.857. The maximum atomic E-state index is 6.14. The second-order valence-electron chi connectivity index (χ2n) is 5.61. The highest BCUT2D eigenvalue weighted by molar-refractivity contribution is 5.10. The molecule has 0 aromatic carbocycles. The third-order valence-electron chi connectivity index (χ3n) is 4.60. The van der Waals surface area contributed by atoms with Gasteiger partial charge in [-0.3, -0.25) is 0 Å². The molecule has 2 aliphatic rings. The molecule has 1 fully saturated rings. The molecule has 15 heavy (non-hydrogen) atoms. The van der Waals surface area contributed by atoms with Gasteiger partial charge in [-0.05, 0) is 45.4 Å². The first-order valence-corrected chi connectivity index (χ1v) is 6.43. The molecule has 1 heterocycles. The van der Waals surface area contributed by atoms with E-state index in [1.54, 1.807) is 5.57 Å². The second-order valence-corrected chi connectivity index (χ2v) is 5.61. The predicted molar refractivity (Wildman–Crippen MR) is 63.9 cm³/mol. The van der Waals surface area contributed by atoms with E-state index >= 15 is 0 Å². The third kappa shape index (κ3) is 1.99. The summed E-state index contributed by atoms with van der Waals surface area (Å²) in [6.45, 7) is 7.80. The van der Waals surface area contributed by atoms with Crippen LogP contribution in [0.15, 0.2) is 11.6 Å². The Kier molecular flexibility index (Phi) is 2.94. The van der Waals surface area contributed by atoms with Crippen molar-refractivity contribution < 1.29 is 4.74 Å². The summed E-state index contributed by atoms with van der Waals surface area (Å²) in [6, 6.07) is 0. The number of allylic oxidation sites excluding steroid dienone is 2. The minimum Gasteiger partial charge on any atom is -0.374 e. The minimum atomic E-state index is 0.207. The molecule has 0 bridgehead atoms. The Morgan fingerprint density at radius 1 is 1.33 bits per heavy atom. The summed E-state index contributed by atoms with van der Waals surface area (Å²) < 4.78 is 6.14. The van der Waals surface area contributed by atoms with Crippen molar-refractivity contribution >= 4 is 0 Å². The molecule has 1 spiro atoms. The van der Waals surface area contributed by atoms with E-state index < -0.39 is 0 Å². The van der Waals surface area contributed by atoms with E-state index in [1.807, 2.05) is 0 Å². The van der Waals surface area contributed by atoms with Crippen LogP contribution in [0, 0.1) is 5.41 Å². The monoisotopic (exact) mass is 208 g/mol. The van der Waals surface area contributed by atoms with Gasteiger partial charge in [0.15, 0.2) is 0 Å². The van der Waals surface area contributed by atoms with Crippen molar-refractivity contribution in [3.63, 3.8) is 0 Å². The van der Waals surface area contributed by atoms with Gasteiger partial charge in [0.25, 0.3) is 0 Å². The molecule has 0 aromatic rings. The van der Waals surface area contributed by atoms with Crippen molar-refractivity contribution in [1.82, 2.24) is 0 Å². The van der Waals surface area contributed by atoms with Crippen molar-refractivity contribution in [3.8, 4) is 0 Å².